The molecule has 0 amide bonds. The molecule has 1 aromatic rings. The largest absolute Gasteiger partial charge is 0.527 e. The topological polar surface area (TPSA) is 82.1 Å². The Morgan fingerprint density at radius 2 is 1.74 bits per heavy atom. The van der Waals surface area contributed by atoms with E-state index >= 15 is 0 Å². The van der Waals surface area contributed by atoms with Gasteiger partial charge in [-0.3, -0.25) is 9.42 Å². The molecule has 6 nitrogen and oxygen atoms in total. The molecule has 0 aromatic heterocycles. The van der Waals surface area contributed by atoms with Crippen molar-refractivity contribution in [2.24, 2.45) is 0 Å². The zero-order valence-corrected chi connectivity index (χ0v) is 14.2. The van der Waals surface area contributed by atoms with Crippen LogP contribution in [0.4, 0.5) is 0 Å². The maximum atomic E-state index is 11.7. The average molecular weight is 342 g/mol. The smallest absolute Gasteiger partial charge is 0.462 e. The van der Waals surface area contributed by atoms with Gasteiger partial charge in [0, 0.05) is 5.57 Å². The second-order valence-electron chi connectivity index (χ2n) is 5.04. The van der Waals surface area contributed by atoms with Gasteiger partial charge in [-0.15, -0.1) is 0 Å². The lowest BCUT2D eigenvalue weighted by Gasteiger charge is -2.12. The van der Waals surface area contributed by atoms with E-state index in [4.69, 9.17) is 13.8 Å². The van der Waals surface area contributed by atoms with Crippen LogP contribution in [-0.2, 0) is 18.6 Å². The Labute approximate surface area is 136 Å². The van der Waals surface area contributed by atoms with Crippen LogP contribution < -0.4 is 4.52 Å². The van der Waals surface area contributed by atoms with E-state index in [0.29, 0.717) is 18.6 Å². The summed E-state index contributed by atoms with van der Waals surface area (Å²) in [6, 6.07) is 8.35. The molecule has 1 rings (SSSR count). The summed E-state index contributed by atoms with van der Waals surface area (Å²) in [7, 11) is -4.08. The normalized spacial score (nSPS) is 13.1. The van der Waals surface area contributed by atoms with Gasteiger partial charge in [-0.1, -0.05) is 31.2 Å². The summed E-state index contributed by atoms with van der Waals surface area (Å²) in [4.78, 5) is 20.7. The number of phosphoric ester groups is 1. The molecule has 0 fully saturated rings. The van der Waals surface area contributed by atoms with E-state index in [9.17, 15) is 14.3 Å². The van der Waals surface area contributed by atoms with Crippen molar-refractivity contribution in [3.05, 3.63) is 42.5 Å². The molecule has 0 spiro atoms. The Kier molecular flexibility index (Phi) is 8.62. The lowest BCUT2D eigenvalue weighted by atomic mass is 10.2. The quantitative estimate of drug-likeness (QED) is 0.285. The molecule has 0 aliphatic carbocycles. The van der Waals surface area contributed by atoms with E-state index < -0.39 is 7.82 Å². The first kappa shape index (κ1) is 19.4. The van der Waals surface area contributed by atoms with Gasteiger partial charge in [0.1, 0.15) is 5.75 Å². The third-order valence-corrected chi connectivity index (χ3v) is 3.79. The number of hydrogen-bond donors (Lipinski definition) is 1. The van der Waals surface area contributed by atoms with E-state index in [2.05, 4.69) is 6.58 Å². The zero-order chi connectivity index (χ0) is 17.1. The number of ether oxygens (including phenoxy) is 1. The molecule has 1 N–H and O–H groups in total. The third-order valence-electron chi connectivity index (χ3n) is 2.84. The maximum absolute atomic E-state index is 11.7. The van der Waals surface area contributed by atoms with Gasteiger partial charge in [0.15, 0.2) is 0 Å². The fraction of sp³-hybridized carbons (Fsp3) is 0.438. The number of unbranched alkanes of at least 4 members (excludes halogenated alkanes) is 3. The number of carbonyl (C=O) groups is 1. The Balaban J connectivity index is 2.07. The maximum Gasteiger partial charge on any atom is 0.527 e. The van der Waals surface area contributed by atoms with Crippen LogP contribution in [-0.4, -0.2) is 24.1 Å². The Morgan fingerprint density at radius 1 is 1.13 bits per heavy atom. The first-order valence-corrected chi connectivity index (χ1v) is 8.95. The summed E-state index contributed by atoms with van der Waals surface area (Å²) in [5, 5.41) is 0. The second kappa shape index (κ2) is 10.2. The minimum atomic E-state index is -4.08. The summed E-state index contributed by atoms with van der Waals surface area (Å²) in [6.45, 7) is 5.58. The fourth-order valence-corrected chi connectivity index (χ4v) is 2.47. The summed E-state index contributed by atoms with van der Waals surface area (Å²) in [5.74, 6) is -0.0923. The van der Waals surface area contributed by atoms with Crippen LogP contribution in [0.3, 0.4) is 0 Å². The van der Waals surface area contributed by atoms with Gasteiger partial charge in [-0.25, -0.2) is 9.36 Å². The van der Waals surface area contributed by atoms with Crippen molar-refractivity contribution in [1.29, 1.82) is 0 Å². The first-order valence-electron chi connectivity index (χ1n) is 7.45. The SMILES string of the molecule is C=C(C)C(=O)OCCCCCCOP(=O)(O)Oc1ccccc1. The van der Waals surface area contributed by atoms with Gasteiger partial charge in [0.05, 0.1) is 13.2 Å². The molecule has 0 aliphatic heterocycles. The zero-order valence-electron chi connectivity index (χ0n) is 13.3. The van der Waals surface area contributed by atoms with Crippen molar-refractivity contribution in [1.82, 2.24) is 0 Å². The molecular formula is C16H23O6P. The highest BCUT2D eigenvalue weighted by molar-refractivity contribution is 7.47. The molecule has 7 heteroatoms. The predicted octanol–water partition coefficient (Wildman–Crippen LogP) is 3.86. The highest BCUT2D eigenvalue weighted by Gasteiger charge is 2.22. The molecule has 1 atom stereocenters. The predicted molar refractivity (Wildman–Crippen MR) is 87.1 cm³/mol. The highest BCUT2D eigenvalue weighted by atomic mass is 31.2. The Morgan fingerprint density at radius 3 is 2.35 bits per heavy atom. The van der Waals surface area contributed by atoms with Crippen LogP contribution in [0.15, 0.2) is 42.5 Å². The lowest BCUT2D eigenvalue weighted by molar-refractivity contribution is -0.139. The number of benzene rings is 1. The van der Waals surface area contributed by atoms with E-state index in [0.717, 1.165) is 19.3 Å². The molecule has 0 bridgehead atoms. The van der Waals surface area contributed by atoms with E-state index in [1.807, 2.05) is 0 Å². The first-order chi connectivity index (χ1) is 10.9. The molecule has 1 unspecified atom stereocenters. The Hall–Kier alpha value is -1.62. The Bertz CT molecular complexity index is 543. The highest BCUT2D eigenvalue weighted by Crippen LogP contribution is 2.43. The van der Waals surface area contributed by atoms with E-state index in [-0.39, 0.29) is 18.3 Å². The molecule has 128 valence electrons. The van der Waals surface area contributed by atoms with Crippen LogP contribution in [0.25, 0.3) is 0 Å². The van der Waals surface area contributed by atoms with Gasteiger partial charge < -0.3 is 9.26 Å². The number of carbonyl (C=O) groups excluding carboxylic acids is 1. The van der Waals surface area contributed by atoms with E-state index in [1.165, 1.54) is 0 Å². The van der Waals surface area contributed by atoms with Crippen molar-refractivity contribution < 1.29 is 28.0 Å². The number of phosphoric acid groups is 1. The number of esters is 1. The van der Waals surface area contributed by atoms with Gasteiger partial charge in [0.2, 0.25) is 0 Å². The molecular weight excluding hydrogens is 319 g/mol. The minimum absolute atomic E-state index is 0.131. The molecule has 1 aromatic carbocycles. The van der Waals surface area contributed by atoms with Crippen molar-refractivity contribution in [3.8, 4) is 5.75 Å². The third kappa shape index (κ3) is 9.18. The number of hydrogen-bond acceptors (Lipinski definition) is 5. The molecule has 0 saturated heterocycles. The van der Waals surface area contributed by atoms with Gasteiger partial charge in [-0.05, 0) is 38.3 Å². The monoisotopic (exact) mass is 342 g/mol. The molecule has 0 heterocycles. The second-order valence-corrected chi connectivity index (χ2v) is 6.41. The number of para-hydroxylation sites is 1. The summed E-state index contributed by atoms with van der Waals surface area (Å²) >= 11 is 0. The standard InChI is InChI=1S/C16H23O6P/c1-14(2)16(17)20-12-8-3-4-9-13-21-23(18,19)22-15-10-6-5-7-11-15/h5-7,10-11H,1,3-4,8-9,12-13H2,2H3,(H,18,19). The minimum Gasteiger partial charge on any atom is -0.462 e. The average Bonchev–Trinajstić information content (AvgIpc) is 2.50. The molecule has 0 radical (unpaired) electrons. The summed E-state index contributed by atoms with van der Waals surface area (Å²) < 4.78 is 26.5. The molecule has 0 aliphatic rings. The van der Waals surface area contributed by atoms with Crippen LogP contribution >= 0.6 is 7.82 Å². The van der Waals surface area contributed by atoms with Crippen LogP contribution in [0, 0.1) is 0 Å². The summed E-state index contributed by atoms with van der Waals surface area (Å²) in [5.41, 5.74) is 0.385. The van der Waals surface area contributed by atoms with Crippen molar-refractivity contribution >= 4 is 13.8 Å². The van der Waals surface area contributed by atoms with Crippen LogP contribution in [0.2, 0.25) is 0 Å². The lowest BCUT2D eigenvalue weighted by Crippen LogP contribution is -2.06. The van der Waals surface area contributed by atoms with Gasteiger partial charge in [0.25, 0.3) is 0 Å². The van der Waals surface area contributed by atoms with Crippen molar-refractivity contribution in [2.75, 3.05) is 13.2 Å². The number of rotatable bonds is 11. The molecule has 23 heavy (non-hydrogen) atoms. The van der Waals surface area contributed by atoms with Crippen molar-refractivity contribution in [3.63, 3.8) is 0 Å². The van der Waals surface area contributed by atoms with Crippen LogP contribution in [0.5, 0.6) is 5.75 Å². The van der Waals surface area contributed by atoms with Gasteiger partial charge >= 0.3 is 13.8 Å². The van der Waals surface area contributed by atoms with E-state index in [1.54, 1.807) is 37.3 Å². The van der Waals surface area contributed by atoms with Gasteiger partial charge in [-0.2, -0.15) is 0 Å². The summed E-state index contributed by atoms with van der Waals surface area (Å²) in [6.07, 6.45) is 2.99. The molecule has 0 saturated carbocycles. The van der Waals surface area contributed by atoms with Crippen molar-refractivity contribution in [2.45, 2.75) is 32.6 Å². The fourth-order valence-electron chi connectivity index (χ4n) is 1.67. The van der Waals surface area contributed by atoms with Crippen LogP contribution in [0.1, 0.15) is 32.6 Å².